The Morgan fingerprint density at radius 2 is 1.85 bits per heavy atom. The van der Waals surface area contributed by atoms with E-state index in [2.05, 4.69) is 52.2 Å². The van der Waals surface area contributed by atoms with Crippen LogP contribution >= 0.6 is 11.3 Å². The van der Waals surface area contributed by atoms with Gasteiger partial charge in [-0.05, 0) is 24.5 Å². The van der Waals surface area contributed by atoms with E-state index in [0.29, 0.717) is 6.61 Å². The maximum Gasteiger partial charge on any atom is 0.234 e. The third-order valence-electron chi connectivity index (χ3n) is 4.46. The molecule has 2 heterocycles. The smallest absolute Gasteiger partial charge is 0.234 e. The highest BCUT2D eigenvalue weighted by Gasteiger charge is 2.14. The fourth-order valence-corrected chi connectivity index (χ4v) is 3.73. The summed E-state index contributed by atoms with van der Waals surface area (Å²) in [5.41, 5.74) is 0. The van der Waals surface area contributed by atoms with Crippen LogP contribution in [0.2, 0.25) is 0 Å². The second-order valence-electron chi connectivity index (χ2n) is 6.03. The van der Waals surface area contributed by atoms with Crippen molar-refractivity contribution in [2.75, 3.05) is 13.1 Å². The normalized spacial score (nSPS) is 11.7. The van der Waals surface area contributed by atoms with E-state index in [-0.39, 0.29) is 0 Å². The lowest BCUT2D eigenvalue weighted by Gasteiger charge is -2.15. The molecular weight excluding hydrogens is 346 g/mol. The Labute approximate surface area is 156 Å². The molecule has 4 aromatic rings. The van der Waals surface area contributed by atoms with Gasteiger partial charge >= 0.3 is 0 Å². The van der Waals surface area contributed by atoms with Crippen molar-refractivity contribution in [3.63, 3.8) is 0 Å². The van der Waals surface area contributed by atoms with E-state index in [4.69, 9.17) is 4.74 Å². The van der Waals surface area contributed by atoms with Crippen LogP contribution in [0, 0.1) is 0 Å². The molecule has 7 heteroatoms. The first-order valence-electron chi connectivity index (χ1n) is 8.81. The van der Waals surface area contributed by atoms with Crippen molar-refractivity contribution >= 4 is 27.1 Å². The molecule has 0 amide bonds. The number of ether oxygens (including phenoxy) is 1. The predicted molar refractivity (Wildman–Crippen MR) is 104 cm³/mol. The van der Waals surface area contributed by atoms with Crippen LogP contribution in [0.4, 0.5) is 0 Å². The van der Waals surface area contributed by atoms with Gasteiger partial charge in [0.05, 0.1) is 6.54 Å². The number of aromatic nitrogens is 4. The summed E-state index contributed by atoms with van der Waals surface area (Å²) in [7, 11) is 0. The second-order valence-corrected chi connectivity index (χ2v) is 7.07. The van der Waals surface area contributed by atoms with Crippen molar-refractivity contribution in [1.29, 1.82) is 0 Å². The van der Waals surface area contributed by atoms with Gasteiger partial charge in [-0.1, -0.05) is 61.6 Å². The van der Waals surface area contributed by atoms with Gasteiger partial charge in [-0.15, -0.1) is 10.2 Å². The maximum absolute atomic E-state index is 6.04. The summed E-state index contributed by atoms with van der Waals surface area (Å²) in [5.74, 6) is 1.74. The number of nitrogens with zero attached hydrogens (tertiary/aromatic N) is 5. The number of benzene rings is 2. The van der Waals surface area contributed by atoms with Crippen LogP contribution in [0.1, 0.15) is 24.7 Å². The van der Waals surface area contributed by atoms with Gasteiger partial charge in [0, 0.05) is 5.39 Å². The molecule has 134 valence electrons. The molecule has 0 N–H and O–H groups in total. The van der Waals surface area contributed by atoms with Crippen molar-refractivity contribution in [3.8, 4) is 5.75 Å². The van der Waals surface area contributed by atoms with Crippen LogP contribution in [0.5, 0.6) is 5.75 Å². The molecule has 6 nitrogen and oxygen atoms in total. The van der Waals surface area contributed by atoms with Gasteiger partial charge in [-0.3, -0.25) is 4.90 Å². The molecule has 26 heavy (non-hydrogen) atoms. The molecular formula is C19H21N5OS. The van der Waals surface area contributed by atoms with Crippen molar-refractivity contribution in [1.82, 2.24) is 24.7 Å². The second kappa shape index (κ2) is 7.39. The van der Waals surface area contributed by atoms with Crippen LogP contribution < -0.4 is 4.74 Å². The molecule has 2 aromatic carbocycles. The largest absolute Gasteiger partial charge is 0.486 e. The minimum atomic E-state index is 0.423. The van der Waals surface area contributed by atoms with Crippen LogP contribution in [0.3, 0.4) is 0 Å². The van der Waals surface area contributed by atoms with Crippen LogP contribution in [-0.4, -0.2) is 37.8 Å². The summed E-state index contributed by atoms with van der Waals surface area (Å²) < 4.78 is 7.88. The molecule has 0 spiro atoms. The first-order chi connectivity index (χ1) is 12.8. The van der Waals surface area contributed by atoms with Gasteiger partial charge in [0.25, 0.3) is 0 Å². The van der Waals surface area contributed by atoms with Gasteiger partial charge in [-0.2, -0.15) is 9.61 Å². The summed E-state index contributed by atoms with van der Waals surface area (Å²) >= 11 is 1.52. The molecule has 0 atom stereocenters. The minimum Gasteiger partial charge on any atom is -0.486 e. The Morgan fingerprint density at radius 1 is 1.04 bits per heavy atom. The summed E-state index contributed by atoms with van der Waals surface area (Å²) in [6.45, 7) is 7.42. The minimum absolute atomic E-state index is 0.423. The lowest BCUT2D eigenvalue weighted by Crippen LogP contribution is -2.23. The Bertz CT molecular complexity index is 1020. The van der Waals surface area contributed by atoms with Gasteiger partial charge in [0.2, 0.25) is 4.96 Å². The first kappa shape index (κ1) is 16.9. The zero-order valence-electron chi connectivity index (χ0n) is 14.9. The van der Waals surface area contributed by atoms with Crippen molar-refractivity contribution in [2.45, 2.75) is 27.0 Å². The Hall–Kier alpha value is -2.51. The summed E-state index contributed by atoms with van der Waals surface area (Å²) in [4.78, 5) is 3.10. The fraction of sp³-hybridized carbons (Fsp3) is 0.316. The van der Waals surface area contributed by atoms with E-state index < -0.39 is 0 Å². The van der Waals surface area contributed by atoms with Gasteiger partial charge < -0.3 is 4.74 Å². The van der Waals surface area contributed by atoms with Crippen molar-refractivity contribution < 1.29 is 4.74 Å². The van der Waals surface area contributed by atoms with Gasteiger partial charge in [0.1, 0.15) is 12.4 Å². The van der Waals surface area contributed by atoms with Crippen LogP contribution in [-0.2, 0) is 13.2 Å². The molecule has 0 radical (unpaired) electrons. The average molecular weight is 367 g/mol. The maximum atomic E-state index is 6.04. The molecule has 4 rings (SSSR count). The fourth-order valence-electron chi connectivity index (χ4n) is 2.96. The third-order valence-corrected chi connectivity index (χ3v) is 5.33. The van der Waals surface area contributed by atoms with E-state index in [1.54, 1.807) is 0 Å². The highest BCUT2D eigenvalue weighted by atomic mass is 32.1. The molecule has 0 bridgehead atoms. The summed E-state index contributed by atoms with van der Waals surface area (Å²) in [6.07, 6.45) is 0. The summed E-state index contributed by atoms with van der Waals surface area (Å²) in [6, 6.07) is 14.3. The Kier molecular flexibility index (Phi) is 4.81. The van der Waals surface area contributed by atoms with E-state index in [9.17, 15) is 0 Å². The highest BCUT2D eigenvalue weighted by Crippen LogP contribution is 2.26. The highest BCUT2D eigenvalue weighted by molar-refractivity contribution is 7.16. The zero-order chi connectivity index (χ0) is 17.9. The van der Waals surface area contributed by atoms with E-state index >= 15 is 0 Å². The number of hydrogen-bond donors (Lipinski definition) is 0. The van der Waals surface area contributed by atoms with Gasteiger partial charge in [-0.25, -0.2) is 0 Å². The average Bonchev–Trinajstić information content (AvgIpc) is 3.25. The molecule has 0 saturated heterocycles. The van der Waals surface area contributed by atoms with E-state index in [1.165, 1.54) is 16.7 Å². The van der Waals surface area contributed by atoms with E-state index in [1.807, 2.05) is 28.8 Å². The number of rotatable bonds is 7. The molecule has 0 aliphatic rings. The summed E-state index contributed by atoms with van der Waals surface area (Å²) in [5, 5.41) is 16.3. The Balaban J connectivity index is 1.53. The lowest BCUT2D eigenvalue weighted by molar-refractivity contribution is 0.284. The van der Waals surface area contributed by atoms with E-state index in [0.717, 1.165) is 46.6 Å². The lowest BCUT2D eigenvalue weighted by atomic mass is 10.1. The van der Waals surface area contributed by atoms with Crippen LogP contribution in [0.15, 0.2) is 42.5 Å². The quantitative estimate of drug-likeness (QED) is 0.498. The molecule has 0 fully saturated rings. The molecule has 2 aromatic heterocycles. The Morgan fingerprint density at radius 3 is 2.69 bits per heavy atom. The molecule has 0 unspecified atom stereocenters. The van der Waals surface area contributed by atoms with Crippen LogP contribution in [0.25, 0.3) is 15.7 Å². The molecule has 0 aliphatic carbocycles. The van der Waals surface area contributed by atoms with Gasteiger partial charge in [0.15, 0.2) is 10.8 Å². The molecule has 0 saturated carbocycles. The standard InChI is InChI=1S/C19H21N5OS/c1-3-23(4-2)12-17-20-21-19-24(17)22-18(26-19)13-25-16-11-7-9-14-8-5-6-10-15(14)16/h5-11H,3-4,12-13H2,1-2H3. The monoisotopic (exact) mass is 367 g/mol. The number of fused-ring (bicyclic) bond motifs is 2. The predicted octanol–water partition coefficient (Wildman–Crippen LogP) is 3.76. The zero-order valence-corrected chi connectivity index (χ0v) is 15.7. The number of hydrogen-bond acceptors (Lipinski definition) is 6. The van der Waals surface area contributed by atoms with Crippen molar-refractivity contribution in [2.24, 2.45) is 0 Å². The molecule has 0 aliphatic heterocycles. The van der Waals surface area contributed by atoms with Crippen molar-refractivity contribution in [3.05, 3.63) is 53.3 Å². The first-order valence-corrected chi connectivity index (χ1v) is 9.63. The third kappa shape index (κ3) is 3.27. The topological polar surface area (TPSA) is 55.5 Å². The SMILES string of the molecule is CCN(CC)Cc1nnc2sc(COc3cccc4ccccc34)nn12.